The summed E-state index contributed by atoms with van der Waals surface area (Å²) >= 11 is 5.77. The molecule has 100 valence electrons. The Morgan fingerprint density at radius 2 is 1.94 bits per heavy atom. The average molecular weight is 270 g/mol. The van der Waals surface area contributed by atoms with Gasteiger partial charge in [0, 0.05) is 17.3 Å². The van der Waals surface area contributed by atoms with E-state index in [2.05, 4.69) is 15.5 Å². The van der Waals surface area contributed by atoms with Gasteiger partial charge in [-0.2, -0.15) is 0 Å². The predicted octanol–water partition coefficient (Wildman–Crippen LogP) is 1.82. The zero-order chi connectivity index (χ0) is 13.4. The van der Waals surface area contributed by atoms with Crippen molar-refractivity contribution in [3.05, 3.63) is 29.3 Å². The maximum absolute atomic E-state index is 11.5. The Morgan fingerprint density at radius 3 is 2.56 bits per heavy atom. The van der Waals surface area contributed by atoms with Gasteiger partial charge in [0.25, 0.3) is 0 Å². The van der Waals surface area contributed by atoms with E-state index in [9.17, 15) is 4.79 Å². The molecule has 0 aliphatic carbocycles. The molecule has 0 bridgehead atoms. The second-order valence-electron chi connectivity index (χ2n) is 4.37. The summed E-state index contributed by atoms with van der Waals surface area (Å²) < 4.78 is 0. The highest BCUT2D eigenvalue weighted by Crippen LogP contribution is 2.12. The van der Waals surface area contributed by atoms with Crippen molar-refractivity contribution in [2.75, 3.05) is 39.0 Å². The van der Waals surface area contributed by atoms with Crippen molar-refractivity contribution in [1.29, 1.82) is 0 Å². The monoisotopic (exact) mass is 269 g/mol. The number of carbonyl (C=O) groups is 1. The van der Waals surface area contributed by atoms with Crippen LogP contribution < -0.4 is 10.6 Å². The highest BCUT2D eigenvalue weighted by molar-refractivity contribution is 6.30. The van der Waals surface area contributed by atoms with Crippen molar-refractivity contribution in [1.82, 2.24) is 10.2 Å². The number of hydrogen-bond donors (Lipinski definition) is 2. The van der Waals surface area contributed by atoms with E-state index < -0.39 is 0 Å². The third kappa shape index (κ3) is 6.47. The lowest BCUT2D eigenvalue weighted by Crippen LogP contribution is -2.31. The summed E-state index contributed by atoms with van der Waals surface area (Å²) in [6, 6.07) is 7.28. The standard InChI is InChI=1S/C13H20ClN3O/c1-17(2)9-3-8-15-13(18)10-16-12-6-4-11(14)5-7-12/h4-7,16H,3,8-10H2,1-2H3,(H,15,18). The second kappa shape index (κ2) is 7.95. The first-order chi connectivity index (χ1) is 8.58. The van der Waals surface area contributed by atoms with E-state index in [1.807, 2.05) is 26.2 Å². The molecule has 5 heteroatoms. The van der Waals surface area contributed by atoms with E-state index in [1.165, 1.54) is 0 Å². The van der Waals surface area contributed by atoms with Crippen LogP contribution in [-0.2, 0) is 4.79 Å². The molecule has 0 aromatic heterocycles. The van der Waals surface area contributed by atoms with Crippen molar-refractivity contribution >= 4 is 23.2 Å². The number of halogens is 1. The Bertz CT molecular complexity index is 365. The summed E-state index contributed by atoms with van der Waals surface area (Å²) in [5.74, 6) is 0.00343. The molecule has 0 heterocycles. The van der Waals surface area contributed by atoms with Crippen LogP contribution in [0.2, 0.25) is 5.02 Å². The van der Waals surface area contributed by atoms with Crippen molar-refractivity contribution < 1.29 is 4.79 Å². The SMILES string of the molecule is CN(C)CCCNC(=O)CNc1ccc(Cl)cc1. The molecule has 0 saturated carbocycles. The van der Waals surface area contributed by atoms with Gasteiger partial charge in [-0.05, 0) is 51.3 Å². The Labute approximate surface area is 113 Å². The first kappa shape index (κ1) is 14.8. The summed E-state index contributed by atoms with van der Waals surface area (Å²) in [5.41, 5.74) is 0.892. The van der Waals surface area contributed by atoms with Gasteiger partial charge >= 0.3 is 0 Å². The zero-order valence-electron chi connectivity index (χ0n) is 10.9. The fourth-order valence-electron chi connectivity index (χ4n) is 1.44. The number of anilines is 1. The van der Waals surface area contributed by atoms with Gasteiger partial charge in [-0.3, -0.25) is 4.79 Å². The number of rotatable bonds is 7. The summed E-state index contributed by atoms with van der Waals surface area (Å²) in [5, 5.41) is 6.59. The number of nitrogens with zero attached hydrogens (tertiary/aromatic N) is 1. The number of nitrogens with one attached hydrogen (secondary N) is 2. The van der Waals surface area contributed by atoms with Crippen molar-refractivity contribution in [2.24, 2.45) is 0 Å². The minimum Gasteiger partial charge on any atom is -0.376 e. The summed E-state index contributed by atoms with van der Waals surface area (Å²) in [6.07, 6.45) is 0.958. The van der Waals surface area contributed by atoms with Crippen LogP contribution >= 0.6 is 11.6 Å². The highest BCUT2D eigenvalue weighted by atomic mass is 35.5. The third-order valence-corrected chi connectivity index (χ3v) is 2.65. The van der Waals surface area contributed by atoms with Gasteiger partial charge in [0.2, 0.25) is 5.91 Å². The van der Waals surface area contributed by atoms with Crippen LogP contribution in [0.5, 0.6) is 0 Å². The number of carbonyl (C=O) groups excluding carboxylic acids is 1. The molecular weight excluding hydrogens is 250 g/mol. The van der Waals surface area contributed by atoms with Gasteiger partial charge in [-0.15, -0.1) is 0 Å². The number of hydrogen-bond acceptors (Lipinski definition) is 3. The quantitative estimate of drug-likeness (QED) is 0.742. The molecule has 0 atom stereocenters. The smallest absolute Gasteiger partial charge is 0.239 e. The summed E-state index contributed by atoms with van der Waals surface area (Å²) in [6.45, 7) is 1.97. The van der Waals surface area contributed by atoms with Gasteiger partial charge < -0.3 is 15.5 Å². The van der Waals surface area contributed by atoms with Crippen LogP contribution in [0.25, 0.3) is 0 Å². The molecule has 1 aromatic carbocycles. The molecule has 4 nitrogen and oxygen atoms in total. The van der Waals surface area contributed by atoms with Crippen LogP contribution in [0.4, 0.5) is 5.69 Å². The molecule has 1 rings (SSSR count). The Kier molecular flexibility index (Phi) is 6.54. The van der Waals surface area contributed by atoms with Gasteiger partial charge in [-0.1, -0.05) is 11.6 Å². The Morgan fingerprint density at radius 1 is 1.28 bits per heavy atom. The molecule has 2 N–H and O–H groups in total. The topological polar surface area (TPSA) is 44.4 Å². The molecule has 18 heavy (non-hydrogen) atoms. The predicted molar refractivity (Wildman–Crippen MR) is 76.1 cm³/mol. The van der Waals surface area contributed by atoms with Gasteiger partial charge in [0.05, 0.1) is 6.54 Å². The Hall–Kier alpha value is -1.26. The van der Waals surface area contributed by atoms with Crippen LogP contribution in [-0.4, -0.2) is 44.5 Å². The van der Waals surface area contributed by atoms with Crippen molar-refractivity contribution in [3.8, 4) is 0 Å². The van der Waals surface area contributed by atoms with E-state index in [0.717, 1.165) is 18.7 Å². The molecule has 1 amide bonds. The van der Waals surface area contributed by atoms with Gasteiger partial charge in [-0.25, -0.2) is 0 Å². The molecular formula is C13H20ClN3O. The van der Waals surface area contributed by atoms with E-state index in [1.54, 1.807) is 12.1 Å². The van der Waals surface area contributed by atoms with Crippen molar-refractivity contribution in [2.45, 2.75) is 6.42 Å². The van der Waals surface area contributed by atoms with Crippen LogP contribution in [0.1, 0.15) is 6.42 Å². The largest absolute Gasteiger partial charge is 0.376 e. The minimum atomic E-state index is 0.00343. The van der Waals surface area contributed by atoms with E-state index in [-0.39, 0.29) is 12.5 Å². The lowest BCUT2D eigenvalue weighted by atomic mass is 10.3. The molecule has 0 aliphatic rings. The van der Waals surface area contributed by atoms with Gasteiger partial charge in [0.1, 0.15) is 0 Å². The minimum absolute atomic E-state index is 0.00343. The molecule has 0 unspecified atom stereocenters. The maximum Gasteiger partial charge on any atom is 0.239 e. The zero-order valence-corrected chi connectivity index (χ0v) is 11.6. The lowest BCUT2D eigenvalue weighted by molar-refractivity contribution is -0.119. The molecule has 0 spiro atoms. The lowest BCUT2D eigenvalue weighted by Gasteiger charge is -2.10. The maximum atomic E-state index is 11.5. The first-order valence-corrected chi connectivity index (χ1v) is 6.36. The second-order valence-corrected chi connectivity index (χ2v) is 4.80. The first-order valence-electron chi connectivity index (χ1n) is 5.99. The van der Waals surface area contributed by atoms with Crippen LogP contribution in [0, 0.1) is 0 Å². The highest BCUT2D eigenvalue weighted by Gasteiger charge is 2.00. The molecule has 0 fully saturated rings. The van der Waals surface area contributed by atoms with Crippen LogP contribution in [0.15, 0.2) is 24.3 Å². The van der Waals surface area contributed by atoms with E-state index in [4.69, 9.17) is 11.6 Å². The number of amides is 1. The van der Waals surface area contributed by atoms with Crippen molar-refractivity contribution in [3.63, 3.8) is 0 Å². The summed E-state index contributed by atoms with van der Waals surface area (Å²) in [7, 11) is 4.04. The third-order valence-electron chi connectivity index (χ3n) is 2.40. The van der Waals surface area contributed by atoms with E-state index in [0.29, 0.717) is 11.6 Å². The fraction of sp³-hybridized carbons (Fsp3) is 0.462. The summed E-state index contributed by atoms with van der Waals surface area (Å²) in [4.78, 5) is 13.6. The fourth-order valence-corrected chi connectivity index (χ4v) is 1.56. The van der Waals surface area contributed by atoms with Crippen LogP contribution in [0.3, 0.4) is 0 Å². The van der Waals surface area contributed by atoms with Gasteiger partial charge in [0.15, 0.2) is 0 Å². The molecule has 0 radical (unpaired) electrons. The average Bonchev–Trinajstić information content (AvgIpc) is 2.34. The molecule has 1 aromatic rings. The molecule has 0 aliphatic heterocycles. The molecule has 0 saturated heterocycles. The van der Waals surface area contributed by atoms with E-state index >= 15 is 0 Å². The normalized spacial score (nSPS) is 10.4. The number of benzene rings is 1. The Balaban J connectivity index is 2.15.